The lowest BCUT2D eigenvalue weighted by molar-refractivity contribution is 0.380. The predicted molar refractivity (Wildman–Crippen MR) is 63.5 cm³/mol. The lowest BCUT2D eigenvalue weighted by Crippen LogP contribution is -2.21. The molecule has 0 bridgehead atoms. The van der Waals surface area contributed by atoms with E-state index in [0.717, 1.165) is 12.8 Å². The maximum Gasteiger partial charge on any atom is 0.200 e. The zero-order chi connectivity index (χ0) is 14.6. The Kier molecular flexibility index (Phi) is 5.57. The van der Waals surface area contributed by atoms with E-state index in [1.54, 1.807) is 6.92 Å². The number of rotatable bonds is 6. The Balaban J connectivity index is 3.06. The van der Waals surface area contributed by atoms with E-state index in [2.05, 4.69) is 5.32 Å². The highest BCUT2D eigenvalue weighted by atomic mass is 19.2. The zero-order valence-electron chi connectivity index (χ0n) is 10.8. The second kappa shape index (κ2) is 6.73. The molecule has 1 N–H and O–H groups in total. The Labute approximate surface area is 108 Å². The molecule has 1 unspecified atom stereocenters. The van der Waals surface area contributed by atoms with Gasteiger partial charge in [0.2, 0.25) is 5.82 Å². The number of halogens is 5. The molecule has 0 saturated carbocycles. The van der Waals surface area contributed by atoms with Crippen molar-refractivity contribution in [2.45, 2.75) is 45.6 Å². The molecule has 6 heteroatoms. The van der Waals surface area contributed by atoms with Crippen LogP contribution in [0.1, 0.15) is 39.5 Å². The van der Waals surface area contributed by atoms with Gasteiger partial charge < -0.3 is 5.32 Å². The van der Waals surface area contributed by atoms with Crippen LogP contribution in [0.15, 0.2) is 0 Å². The largest absolute Gasteiger partial charge is 0.377 e. The molecular formula is C13H16F5N. The smallest absolute Gasteiger partial charge is 0.200 e. The predicted octanol–water partition coefficient (Wildman–Crippen LogP) is 4.76. The number of unbranched alkanes of at least 4 members (excludes halogenated alkanes) is 1. The van der Waals surface area contributed by atoms with E-state index in [4.69, 9.17) is 0 Å². The standard InChI is InChI=1S/C13H16F5N/c1-3-5-6-7(4-2)19-13-11(17)9(15)8(14)10(16)12(13)18/h7,19H,3-6H2,1-2H3. The van der Waals surface area contributed by atoms with E-state index in [1.807, 2.05) is 6.92 Å². The van der Waals surface area contributed by atoms with Crippen molar-refractivity contribution >= 4 is 5.69 Å². The topological polar surface area (TPSA) is 12.0 Å². The molecule has 1 nitrogen and oxygen atoms in total. The molecule has 0 heterocycles. The molecule has 1 atom stereocenters. The summed E-state index contributed by atoms with van der Waals surface area (Å²) in [4.78, 5) is 0. The summed E-state index contributed by atoms with van der Waals surface area (Å²) in [5.74, 6) is -9.61. The van der Waals surface area contributed by atoms with Gasteiger partial charge in [0, 0.05) is 6.04 Å². The van der Waals surface area contributed by atoms with Crippen LogP contribution in [0.25, 0.3) is 0 Å². The van der Waals surface area contributed by atoms with E-state index in [1.165, 1.54) is 0 Å². The van der Waals surface area contributed by atoms with Crippen molar-refractivity contribution in [1.82, 2.24) is 0 Å². The number of benzene rings is 1. The number of hydrogen-bond donors (Lipinski definition) is 1. The van der Waals surface area contributed by atoms with Crippen molar-refractivity contribution in [1.29, 1.82) is 0 Å². The molecule has 0 amide bonds. The zero-order valence-corrected chi connectivity index (χ0v) is 10.8. The fraction of sp³-hybridized carbons (Fsp3) is 0.538. The van der Waals surface area contributed by atoms with Gasteiger partial charge in [0.25, 0.3) is 0 Å². The molecule has 0 saturated heterocycles. The molecule has 1 rings (SSSR count). The fourth-order valence-electron chi connectivity index (χ4n) is 1.76. The Morgan fingerprint density at radius 1 is 0.842 bits per heavy atom. The summed E-state index contributed by atoms with van der Waals surface area (Å²) < 4.78 is 65.8. The van der Waals surface area contributed by atoms with Crippen LogP contribution in [0.4, 0.5) is 27.6 Å². The molecule has 0 aliphatic rings. The van der Waals surface area contributed by atoms with Crippen LogP contribution in [-0.4, -0.2) is 6.04 Å². The summed E-state index contributed by atoms with van der Waals surface area (Å²) in [6.07, 6.45) is 2.82. The Bertz CT molecular complexity index is 418. The molecule has 0 aliphatic heterocycles. The average Bonchev–Trinajstić information content (AvgIpc) is 2.42. The number of anilines is 1. The number of hydrogen-bond acceptors (Lipinski definition) is 1. The Morgan fingerprint density at radius 3 is 1.74 bits per heavy atom. The van der Waals surface area contributed by atoms with Crippen LogP contribution in [0.2, 0.25) is 0 Å². The van der Waals surface area contributed by atoms with Gasteiger partial charge in [0.1, 0.15) is 5.69 Å². The molecule has 0 radical (unpaired) electrons. The highest BCUT2D eigenvalue weighted by molar-refractivity contribution is 5.48. The third kappa shape index (κ3) is 3.36. The highest BCUT2D eigenvalue weighted by Gasteiger charge is 2.26. The number of nitrogens with one attached hydrogen (secondary N) is 1. The maximum atomic E-state index is 13.4. The van der Waals surface area contributed by atoms with Crippen molar-refractivity contribution in [2.75, 3.05) is 5.32 Å². The molecule has 0 aliphatic carbocycles. The quantitative estimate of drug-likeness (QED) is 0.450. The highest BCUT2D eigenvalue weighted by Crippen LogP contribution is 2.28. The summed E-state index contributed by atoms with van der Waals surface area (Å²) in [6.45, 7) is 3.73. The van der Waals surface area contributed by atoms with Crippen LogP contribution < -0.4 is 5.32 Å². The van der Waals surface area contributed by atoms with E-state index < -0.39 is 34.8 Å². The minimum atomic E-state index is -2.14. The van der Waals surface area contributed by atoms with Gasteiger partial charge in [-0.15, -0.1) is 0 Å². The van der Waals surface area contributed by atoms with Gasteiger partial charge in [-0.25, -0.2) is 22.0 Å². The lowest BCUT2D eigenvalue weighted by Gasteiger charge is -2.19. The lowest BCUT2D eigenvalue weighted by atomic mass is 10.1. The normalized spacial score (nSPS) is 12.6. The minimum absolute atomic E-state index is 0.326. The summed E-state index contributed by atoms with van der Waals surface area (Å²) in [7, 11) is 0. The van der Waals surface area contributed by atoms with Crippen LogP contribution in [-0.2, 0) is 0 Å². The van der Waals surface area contributed by atoms with E-state index in [9.17, 15) is 22.0 Å². The van der Waals surface area contributed by atoms with E-state index in [0.29, 0.717) is 12.8 Å². The summed E-state index contributed by atoms with van der Waals surface area (Å²) in [5.41, 5.74) is -0.945. The first-order valence-electron chi connectivity index (χ1n) is 6.21. The van der Waals surface area contributed by atoms with Crippen molar-refractivity contribution in [2.24, 2.45) is 0 Å². The Morgan fingerprint density at radius 2 is 1.32 bits per heavy atom. The van der Waals surface area contributed by atoms with Crippen LogP contribution >= 0.6 is 0 Å². The third-order valence-electron chi connectivity index (χ3n) is 2.96. The second-order valence-electron chi connectivity index (χ2n) is 4.34. The maximum absolute atomic E-state index is 13.4. The van der Waals surface area contributed by atoms with Gasteiger partial charge in [-0.3, -0.25) is 0 Å². The molecule has 0 spiro atoms. The molecule has 0 fully saturated rings. The molecule has 0 aromatic heterocycles. The first-order valence-corrected chi connectivity index (χ1v) is 6.21. The fourth-order valence-corrected chi connectivity index (χ4v) is 1.76. The van der Waals surface area contributed by atoms with Crippen LogP contribution in [0.3, 0.4) is 0 Å². The van der Waals surface area contributed by atoms with E-state index >= 15 is 0 Å². The molecule has 108 valence electrons. The van der Waals surface area contributed by atoms with Gasteiger partial charge in [-0.05, 0) is 12.8 Å². The second-order valence-corrected chi connectivity index (χ2v) is 4.34. The summed E-state index contributed by atoms with van der Waals surface area (Å²) >= 11 is 0. The summed E-state index contributed by atoms with van der Waals surface area (Å²) in [6, 6.07) is -0.326. The van der Waals surface area contributed by atoms with E-state index in [-0.39, 0.29) is 6.04 Å². The first-order chi connectivity index (χ1) is 8.93. The SMILES string of the molecule is CCCCC(CC)Nc1c(F)c(F)c(F)c(F)c1F. The van der Waals surface area contributed by atoms with Crippen molar-refractivity contribution in [3.63, 3.8) is 0 Å². The van der Waals surface area contributed by atoms with Crippen molar-refractivity contribution in [3.05, 3.63) is 29.1 Å². The van der Waals surface area contributed by atoms with Gasteiger partial charge in [0.15, 0.2) is 23.3 Å². The Hall–Kier alpha value is -1.33. The molecular weight excluding hydrogens is 265 g/mol. The van der Waals surface area contributed by atoms with Crippen molar-refractivity contribution in [3.8, 4) is 0 Å². The van der Waals surface area contributed by atoms with Crippen molar-refractivity contribution < 1.29 is 22.0 Å². The first kappa shape index (κ1) is 15.7. The van der Waals surface area contributed by atoms with Crippen LogP contribution in [0.5, 0.6) is 0 Å². The van der Waals surface area contributed by atoms with Gasteiger partial charge >= 0.3 is 0 Å². The minimum Gasteiger partial charge on any atom is -0.377 e. The molecule has 19 heavy (non-hydrogen) atoms. The average molecular weight is 281 g/mol. The summed E-state index contributed by atoms with van der Waals surface area (Å²) in [5, 5.41) is 2.41. The third-order valence-corrected chi connectivity index (χ3v) is 2.96. The van der Waals surface area contributed by atoms with Gasteiger partial charge in [0.05, 0.1) is 0 Å². The van der Waals surface area contributed by atoms with Crippen LogP contribution in [0, 0.1) is 29.1 Å². The molecule has 1 aromatic carbocycles. The monoisotopic (exact) mass is 281 g/mol. The van der Waals surface area contributed by atoms with Gasteiger partial charge in [-0.2, -0.15) is 0 Å². The molecule has 1 aromatic rings. The van der Waals surface area contributed by atoms with Gasteiger partial charge in [-0.1, -0.05) is 26.7 Å².